The van der Waals surface area contributed by atoms with Crippen molar-refractivity contribution in [1.29, 1.82) is 0 Å². The molecule has 1 fully saturated rings. The maximum Gasteiger partial charge on any atom is 0.271 e. The molecular weight excluding hydrogens is 277 g/mol. The number of hydrogen-bond donors (Lipinski definition) is 0. The monoisotopic (exact) mass is 290 g/mol. The molecule has 0 N–H and O–H groups in total. The molecule has 1 saturated heterocycles. The highest BCUT2D eigenvalue weighted by Gasteiger charge is 2.18. The lowest BCUT2D eigenvalue weighted by molar-refractivity contribution is -0.384. The van der Waals surface area contributed by atoms with Crippen molar-refractivity contribution in [3.05, 3.63) is 33.3 Å². The highest BCUT2D eigenvalue weighted by Crippen LogP contribution is 2.30. The van der Waals surface area contributed by atoms with Crippen LogP contribution in [0.25, 0.3) is 0 Å². The van der Waals surface area contributed by atoms with Crippen LogP contribution >= 0.6 is 11.6 Å². The molecule has 0 unspecified atom stereocenters. The van der Waals surface area contributed by atoms with Gasteiger partial charge in [-0.2, -0.15) is 0 Å². The number of halogens is 2. The lowest BCUT2D eigenvalue weighted by atomic mass is 10.2. The zero-order chi connectivity index (χ0) is 12.4. The third kappa shape index (κ3) is 3.25. The fourth-order valence-corrected chi connectivity index (χ4v) is 2.21. The number of rotatable bonds is 2. The van der Waals surface area contributed by atoms with Crippen LogP contribution in [0.1, 0.15) is 0 Å². The minimum atomic E-state index is -0.431. The molecule has 0 radical (unpaired) electrons. The van der Waals surface area contributed by atoms with Crippen molar-refractivity contribution < 1.29 is 17.3 Å². The van der Waals surface area contributed by atoms with Gasteiger partial charge in [0.1, 0.15) is 0 Å². The molecule has 0 bridgehead atoms. The molecule has 18 heavy (non-hydrogen) atoms. The number of likely N-dealkylation sites (N-methyl/N-ethyl adjacent to an activating group) is 1. The Balaban J connectivity index is 0.00000162. The molecular formula is C11H14Cl2N3O2-. The van der Waals surface area contributed by atoms with Crippen LogP contribution in [0.5, 0.6) is 0 Å². The Morgan fingerprint density at radius 2 is 1.89 bits per heavy atom. The number of nitro groups is 1. The molecule has 0 aliphatic carbocycles. The van der Waals surface area contributed by atoms with Crippen molar-refractivity contribution in [3.63, 3.8) is 0 Å². The van der Waals surface area contributed by atoms with E-state index >= 15 is 0 Å². The second kappa shape index (κ2) is 6.22. The second-order valence-corrected chi connectivity index (χ2v) is 4.59. The SMILES string of the molecule is CN1CCN(c2ccc([N+](=O)[O-])cc2Cl)CC1.[Cl-]. The molecule has 100 valence electrons. The van der Waals surface area contributed by atoms with Crippen molar-refractivity contribution in [3.8, 4) is 0 Å². The Bertz CT molecular complexity index is 434. The minimum absolute atomic E-state index is 0. The largest absolute Gasteiger partial charge is 1.00 e. The second-order valence-electron chi connectivity index (χ2n) is 4.18. The molecule has 1 aromatic carbocycles. The van der Waals surface area contributed by atoms with Gasteiger partial charge in [0.15, 0.2) is 0 Å². The molecule has 1 aliphatic rings. The van der Waals surface area contributed by atoms with E-state index in [0.29, 0.717) is 5.02 Å². The number of nitro benzene ring substituents is 1. The molecule has 0 spiro atoms. The van der Waals surface area contributed by atoms with E-state index in [1.165, 1.54) is 12.1 Å². The highest BCUT2D eigenvalue weighted by atomic mass is 35.5. The Kier molecular flexibility index (Phi) is 5.19. The lowest BCUT2D eigenvalue weighted by Crippen LogP contribution is -3.00. The van der Waals surface area contributed by atoms with E-state index in [4.69, 9.17) is 11.6 Å². The van der Waals surface area contributed by atoms with Crippen LogP contribution < -0.4 is 17.3 Å². The maximum absolute atomic E-state index is 10.6. The summed E-state index contributed by atoms with van der Waals surface area (Å²) in [6.07, 6.45) is 0. The molecule has 2 rings (SSSR count). The standard InChI is InChI=1S/C11H14ClN3O2.ClH/c1-13-4-6-14(7-5-13)11-3-2-9(15(16)17)8-10(11)12;/h2-3,8H,4-7H2,1H3;1H/p-1. The number of non-ortho nitro benzene ring substituents is 1. The topological polar surface area (TPSA) is 49.6 Å². The van der Waals surface area contributed by atoms with Crippen LogP contribution in [0.3, 0.4) is 0 Å². The van der Waals surface area contributed by atoms with Crippen LogP contribution in [0.2, 0.25) is 5.02 Å². The van der Waals surface area contributed by atoms with Gasteiger partial charge in [0.25, 0.3) is 5.69 Å². The zero-order valence-electron chi connectivity index (χ0n) is 9.97. The van der Waals surface area contributed by atoms with Crippen molar-refractivity contribution in [2.75, 3.05) is 38.1 Å². The van der Waals surface area contributed by atoms with Crippen LogP contribution in [-0.2, 0) is 0 Å². The summed E-state index contributed by atoms with van der Waals surface area (Å²) in [6, 6.07) is 4.64. The van der Waals surface area contributed by atoms with E-state index < -0.39 is 4.92 Å². The van der Waals surface area contributed by atoms with Gasteiger partial charge in [-0.15, -0.1) is 0 Å². The van der Waals surface area contributed by atoms with Crippen molar-refractivity contribution in [2.24, 2.45) is 0 Å². The summed E-state index contributed by atoms with van der Waals surface area (Å²) >= 11 is 6.08. The molecule has 0 aromatic heterocycles. The van der Waals surface area contributed by atoms with Gasteiger partial charge in [0, 0.05) is 38.3 Å². The van der Waals surface area contributed by atoms with Crippen LogP contribution in [-0.4, -0.2) is 43.0 Å². The fourth-order valence-electron chi connectivity index (χ4n) is 1.91. The van der Waals surface area contributed by atoms with Crippen LogP contribution in [0.15, 0.2) is 18.2 Å². The van der Waals surface area contributed by atoms with Crippen molar-refractivity contribution in [2.45, 2.75) is 0 Å². The van der Waals surface area contributed by atoms with Gasteiger partial charge in [0.2, 0.25) is 0 Å². The first-order valence-electron chi connectivity index (χ1n) is 5.45. The first-order valence-corrected chi connectivity index (χ1v) is 5.83. The van der Waals surface area contributed by atoms with Gasteiger partial charge in [-0.3, -0.25) is 10.1 Å². The van der Waals surface area contributed by atoms with E-state index in [1.807, 2.05) is 0 Å². The van der Waals surface area contributed by atoms with Gasteiger partial charge >= 0.3 is 0 Å². The summed E-state index contributed by atoms with van der Waals surface area (Å²) in [5, 5.41) is 11.1. The van der Waals surface area contributed by atoms with Crippen LogP contribution in [0, 0.1) is 10.1 Å². The van der Waals surface area contributed by atoms with E-state index in [-0.39, 0.29) is 18.1 Å². The average Bonchev–Trinajstić information content (AvgIpc) is 2.30. The summed E-state index contributed by atoms with van der Waals surface area (Å²) < 4.78 is 0. The normalized spacial score (nSPS) is 16.2. The average molecular weight is 291 g/mol. The van der Waals surface area contributed by atoms with Gasteiger partial charge in [-0.05, 0) is 13.1 Å². The number of hydrogen-bond acceptors (Lipinski definition) is 4. The molecule has 0 saturated carbocycles. The number of anilines is 1. The molecule has 1 aromatic rings. The first-order chi connectivity index (χ1) is 8.08. The Morgan fingerprint density at radius 3 is 2.39 bits per heavy atom. The smallest absolute Gasteiger partial charge is 0.271 e. The number of piperazine rings is 1. The quantitative estimate of drug-likeness (QED) is 0.518. The molecule has 1 heterocycles. The summed E-state index contributed by atoms with van der Waals surface area (Å²) in [6.45, 7) is 3.75. The molecule has 1 aliphatic heterocycles. The van der Waals surface area contributed by atoms with Gasteiger partial charge < -0.3 is 22.2 Å². The molecule has 5 nitrogen and oxygen atoms in total. The van der Waals surface area contributed by atoms with Gasteiger partial charge in [-0.25, -0.2) is 0 Å². The summed E-state index contributed by atoms with van der Waals surface area (Å²) in [5.74, 6) is 0. The Labute approximate surface area is 117 Å². The molecule has 0 atom stereocenters. The Hall–Kier alpha value is -1.04. The van der Waals surface area contributed by atoms with Crippen molar-refractivity contribution in [1.82, 2.24) is 4.90 Å². The third-order valence-corrected chi connectivity index (χ3v) is 3.29. The zero-order valence-corrected chi connectivity index (χ0v) is 11.5. The molecule has 0 amide bonds. The predicted molar refractivity (Wildman–Crippen MR) is 67.8 cm³/mol. The van der Waals surface area contributed by atoms with E-state index in [1.54, 1.807) is 6.07 Å². The lowest BCUT2D eigenvalue weighted by Gasteiger charge is -2.34. The maximum atomic E-state index is 10.6. The van der Waals surface area contributed by atoms with Crippen molar-refractivity contribution >= 4 is 23.0 Å². The van der Waals surface area contributed by atoms with Gasteiger partial charge in [0.05, 0.1) is 15.6 Å². The van der Waals surface area contributed by atoms with Gasteiger partial charge in [-0.1, -0.05) is 11.6 Å². The summed E-state index contributed by atoms with van der Waals surface area (Å²) in [4.78, 5) is 14.6. The minimum Gasteiger partial charge on any atom is -1.00 e. The summed E-state index contributed by atoms with van der Waals surface area (Å²) in [5.41, 5.74) is 0.915. The Morgan fingerprint density at radius 1 is 1.28 bits per heavy atom. The highest BCUT2D eigenvalue weighted by molar-refractivity contribution is 6.33. The number of benzene rings is 1. The van der Waals surface area contributed by atoms with E-state index in [0.717, 1.165) is 31.9 Å². The number of nitrogens with zero attached hydrogens (tertiary/aromatic N) is 3. The molecule has 7 heteroatoms. The van der Waals surface area contributed by atoms with Crippen LogP contribution in [0.4, 0.5) is 11.4 Å². The fraction of sp³-hybridized carbons (Fsp3) is 0.455. The summed E-state index contributed by atoms with van der Waals surface area (Å²) in [7, 11) is 2.08. The first kappa shape index (κ1) is 15.0. The van der Waals surface area contributed by atoms with E-state index in [2.05, 4.69) is 16.8 Å². The predicted octanol–water partition coefficient (Wildman–Crippen LogP) is -0.996. The third-order valence-electron chi connectivity index (χ3n) is 2.99. The van der Waals surface area contributed by atoms with E-state index in [9.17, 15) is 10.1 Å².